The van der Waals surface area contributed by atoms with Gasteiger partial charge in [0.2, 0.25) is 0 Å². The van der Waals surface area contributed by atoms with E-state index in [4.69, 9.17) is 0 Å². The molecule has 0 aliphatic carbocycles. The molecule has 84 valence electrons. The summed E-state index contributed by atoms with van der Waals surface area (Å²) >= 11 is 0. The summed E-state index contributed by atoms with van der Waals surface area (Å²) in [5, 5.41) is 1.53. The van der Waals surface area contributed by atoms with E-state index >= 15 is 0 Å². The predicted molar refractivity (Wildman–Crippen MR) is 70.5 cm³/mol. The van der Waals surface area contributed by atoms with E-state index in [1.807, 2.05) is 0 Å². The van der Waals surface area contributed by atoms with Gasteiger partial charge in [-0.3, -0.25) is 4.98 Å². The number of aryl methyl sites for hydroxylation is 1. The summed E-state index contributed by atoms with van der Waals surface area (Å²) in [6.07, 6.45) is 3.29. The first-order chi connectivity index (χ1) is 6.80. The van der Waals surface area contributed by atoms with Gasteiger partial charge >= 0.3 is 0 Å². The summed E-state index contributed by atoms with van der Waals surface area (Å²) in [5.41, 5.74) is 2.67. The number of hydrogen-bond acceptors (Lipinski definition) is 1. The third-order valence-electron chi connectivity index (χ3n) is 2.56. The maximum absolute atomic E-state index is 4.45. The second-order valence-corrected chi connectivity index (χ2v) is 10.9. The summed E-state index contributed by atoms with van der Waals surface area (Å²) in [5.74, 6) is 0.724. The second kappa shape index (κ2) is 4.48. The Labute approximate surface area is 95.0 Å². The van der Waals surface area contributed by atoms with Gasteiger partial charge in [-0.1, -0.05) is 33.5 Å². The Hall–Kier alpha value is -0.633. The van der Waals surface area contributed by atoms with Crippen molar-refractivity contribution in [2.24, 2.45) is 5.92 Å². The van der Waals surface area contributed by atoms with Crippen LogP contribution in [0.2, 0.25) is 19.6 Å². The third kappa shape index (κ3) is 3.45. The lowest BCUT2D eigenvalue weighted by Gasteiger charge is -2.21. The Bertz CT molecular complexity index is 337. The summed E-state index contributed by atoms with van der Waals surface area (Å²) in [6, 6.07) is 2.27. The van der Waals surface area contributed by atoms with Crippen LogP contribution >= 0.6 is 0 Å². The molecule has 1 heterocycles. The SMILES string of the molecule is Cc1cc(CC(C)C)c([Si](C)(C)C)cn1. The lowest BCUT2D eigenvalue weighted by molar-refractivity contribution is 0.648. The molecule has 0 amide bonds. The van der Waals surface area contributed by atoms with Crippen molar-refractivity contribution >= 4 is 13.3 Å². The largest absolute Gasteiger partial charge is 0.262 e. The third-order valence-corrected chi connectivity index (χ3v) is 4.63. The molecular weight excluding hydrogens is 198 g/mol. The van der Waals surface area contributed by atoms with E-state index in [1.165, 1.54) is 17.2 Å². The Morgan fingerprint density at radius 1 is 1.27 bits per heavy atom. The van der Waals surface area contributed by atoms with Crippen LogP contribution in [0.25, 0.3) is 0 Å². The Kier molecular flexibility index (Phi) is 3.71. The monoisotopic (exact) mass is 221 g/mol. The lowest BCUT2D eigenvalue weighted by atomic mass is 10.0. The van der Waals surface area contributed by atoms with Crippen molar-refractivity contribution in [1.29, 1.82) is 0 Å². The number of nitrogens with zero attached hydrogens (tertiary/aromatic N) is 1. The highest BCUT2D eigenvalue weighted by Gasteiger charge is 2.20. The molecule has 0 radical (unpaired) electrons. The zero-order valence-corrected chi connectivity index (χ0v) is 11.9. The van der Waals surface area contributed by atoms with Crippen LogP contribution in [0.15, 0.2) is 12.3 Å². The zero-order valence-electron chi connectivity index (χ0n) is 10.9. The average Bonchev–Trinajstić information content (AvgIpc) is 1.99. The average molecular weight is 221 g/mol. The molecule has 0 spiro atoms. The smallest absolute Gasteiger partial charge is 0.0799 e. The van der Waals surface area contributed by atoms with Crippen LogP contribution in [0.5, 0.6) is 0 Å². The standard InChI is InChI=1S/C13H23NSi/c1-10(2)7-12-8-11(3)14-9-13(12)15(4,5)6/h8-10H,7H2,1-6H3. The van der Waals surface area contributed by atoms with E-state index in [2.05, 4.69) is 57.7 Å². The van der Waals surface area contributed by atoms with Crippen molar-refractivity contribution < 1.29 is 0 Å². The topological polar surface area (TPSA) is 12.9 Å². The molecule has 0 aromatic carbocycles. The molecule has 1 aromatic rings. The van der Waals surface area contributed by atoms with E-state index in [0.717, 1.165) is 11.6 Å². The molecule has 1 aromatic heterocycles. The Balaban J connectivity index is 3.15. The van der Waals surface area contributed by atoms with Gasteiger partial charge in [0, 0.05) is 11.9 Å². The molecule has 0 N–H and O–H groups in total. The first-order valence-corrected chi connectivity index (χ1v) is 9.26. The highest BCUT2D eigenvalue weighted by atomic mass is 28.3. The lowest BCUT2D eigenvalue weighted by Crippen LogP contribution is -2.40. The summed E-state index contributed by atoms with van der Waals surface area (Å²) in [4.78, 5) is 4.45. The summed E-state index contributed by atoms with van der Waals surface area (Å²) in [6.45, 7) is 13.8. The van der Waals surface area contributed by atoms with Crippen LogP contribution in [0, 0.1) is 12.8 Å². The molecule has 0 aliphatic rings. The fraction of sp³-hybridized carbons (Fsp3) is 0.615. The predicted octanol–water partition coefficient (Wildman–Crippen LogP) is 3.13. The van der Waals surface area contributed by atoms with Gasteiger partial charge in [-0.25, -0.2) is 0 Å². The Morgan fingerprint density at radius 2 is 1.87 bits per heavy atom. The van der Waals surface area contributed by atoms with Crippen LogP contribution in [-0.2, 0) is 6.42 Å². The van der Waals surface area contributed by atoms with Crippen LogP contribution in [0.1, 0.15) is 25.1 Å². The van der Waals surface area contributed by atoms with Crippen molar-refractivity contribution in [1.82, 2.24) is 4.98 Å². The van der Waals surface area contributed by atoms with Gasteiger partial charge in [-0.2, -0.15) is 0 Å². The molecule has 2 heteroatoms. The molecule has 0 saturated heterocycles. The van der Waals surface area contributed by atoms with Gasteiger partial charge in [-0.05, 0) is 36.1 Å². The van der Waals surface area contributed by atoms with Gasteiger partial charge in [0.25, 0.3) is 0 Å². The number of hydrogen-bond donors (Lipinski definition) is 0. The van der Waals surface area contributed by atoms with E-state index in [9.17, 15) is 0 Å². The van der Waals surface area contributed by atoms with Gasteiger partial charge < -0.3 is 0 Å². The van der Waals surface area contributed by atoms with E-state index in [1.54, 1.807) is 0 Å². The molecule has 0 fully saturated rings. The van der Waals surface area contributed by atoms with Crippen molar-refractivity contribution in [3.8, 4) is 0 Å². The molecule has 1 rings (SSSR count). The minimum absolute atomic E-state index is 0.724. The molecule has 0 bridgehead atoms. The number of pyridine rings is 1. The first-order valence-electron chi connectivity index (χ1n) is 5.76. The Morgan fingerprint density at radius 3 is 2.33 bits per heavy atom. The van der Waals surface area contributed by atoms with Crippen molar-refractivity contribution in [3.05, 3.63) is 23.5 Å². The zero-order chi connectivity index (χ0) is 11.6. The van der Waals surface area contributed by atoms with Gasteiger partial charge in [0.05, 0.1) is 8.07 Å². The van der Waals surface area contributed by atoms with E-state index in [-0.39, 0.29) is 0 Å². The normalized spacial score (nSPS) is 12.2. The highest BCUT2D eigenvalue weighted by Crippen LogP contribution is 2.12. The van der Waals surface area contributed by atoms with E-state index < -0.39 is 8.07 Å². The maximum Gasteiger partial charge on any atom is 0.0799 e. The van der Waals surface area contributed by atoms with Gasteiger partial charge in [0.1, 0.15) is 0 Å². The van der Waals surface area contributed by atoms with Crippen molar-refractivity contribution in [2.75, 3.05) is 0 Å². The fourth-order valence-corrected chi connectivity index (χ4v) is 3.49. The first kappa shape index (κ1) is 12.4. The molecule has 1 nitrogen and oxygen atoms in total. The van der Waals surface area contributed by atoms with Crippen molar-refractivity contribution in [2.45, 2.75) is 46.8 Å². The van der Waals surface area contributed by atoms with Crippen LogP contribution in [-0.4, -0.2) is 13.1 Å². The quantitative estimate of drug-likeness (QED) is 0.715. The summed E-state index contributed by atoms with van der Waals surface area (Å²) in [7, 11) is -1.23. The fourth-order valence-electron chi connectivity index (χ4n) is 1.90. The molecule has 0 saturated carbocycles. The van der Waals surface area contributed by atoms with Crippen LogP contribution in [0.4, 0.5) is 0 Å². The van der Waals surface area contributed by atoms with Crippen LogP contribution in [0.3, 0.4) is 0 Å². The minimum Gasteiger partial charge on any atom is -0.262 e. The second-order valence-electron chi connectivity index (χ2n) is 5.83. The molecular formula is C13H23NSi. The maximum atomic E-state index is 4.45. The molecule has 0 aliphatic heterocycles. The number of aromatic nitrogens is 1. The summed E-state index contributed by atoms with van der Waals surface area (Å²) < 4.78 is 0. The van der Waals surface area contributed by atoms with E-state index in [0.29, 0.717) is 0 Å². The van der Waals surface area contributed by atoms with Gasteiger partial charge in [-0.15, -0.1) is 0 Å². The minimum atomic E-state index is -1.23. The molecule has 15 heavy (non-hydrogen) atoms. The van der Waals surface area contributed by atoms with Gasteiger partial charge in [0.15, 0.2) is 0 Å². The molecule has 0 unspecified atom stereocenters. The highest BCUT2D eigenvalue weighted by molar-refractivity contribution is 6.89. The van der Waals surface area contributed by atoms with Crippen molar-refractivity contribution in [3.63, 3.8) is 0 Å². The van der Waals surface area contributed by atoms with Crippen LogP contribution < -0.4 is 5.19 Å². The number of rotatable bonds is 3. The molecule has 0 atom stereocenters.